The van der Waals surface area contributed by atoms with Crippen LogP contribution in [0.2, 0.25) is 0 Å². The number of aromatic nitrogens is 6. The van der Waals surface area contributed by atoms with Gasteiger partial charge in [-0.2, -0.15) is 10.3 Å². The van der Waals surface area contributed by atoms with Crippen molar-refractivity contribution in [2.75, 3.05) is 5.73 Å². The smallest absolute Gasteiger partial charge is 0.274 e. The van der Waals surface area contributed by atoms with Crippen LogP contribution in [-0.2, 0) is 6.54 Å². The standard InChI is InChI=1S/C9H12N8O/c10-6-7(4-1-2-4)14-15-8(6)9(18)11-3-5-12-16-17-13-5/h4H,1-3,10H2,(H,11,18)(H,14,15)(H,12,13,16,17). The highest BCUT2D eigenvalue weighted by Gasteiger charge is 2.30. The number of aromatic amines is 2. The molecule has 2 aromatic heterocycles. The predicted molar refractivity (Wildman–Crippen MR) is 60.3 cm³/mol. The summed E-state index contributed by atoms with van der Waals surface area (Å²) in [5.41, 5.74) is 7.41. The molecule has 5 N–H and O–H groups in total. The lowest BCUT2D eigenvalue weighted by Crippen LogP contribution is -2.24. The van der Waals surface area contributed by atoms with Crippen LogP contribution in [0.1, 0.15) is 40.8 Å². The first-order valence-electron chi connectivity index (χ1n) is 5.60. The van der Waals surface area contributed by atoms with Gasteiger partial charge in [0.15, 0.2) is 11.5 Å². The van der Waals surface area contributed by atoms with Crippen LogP contribution in [0, 0.1) is 0 Å². The Bertz CT molecular complexity index is 555. The maximum atomic E-state index is 11.9. The highest BCUT2D eigenvalue weighted by molar-refractivity contribution is 5.97. The molecule has 94 valence electrons. The lowest BCUT2D eigenvalue weighted by molar-refractivity contribution is 0.0946. The van der Waals surface area contributed by atoms with Gasteiger partial charge >= 0.3 is 0 Å². The van der Waals surface area contributed by atoms with Gasteiger partial charge in [-0.15, -0.1) is 10.2 Å². The first-order chi connectivity index (χ1) is 8.75. The molecule has 1 aliphatic carbocycles. The van der Waals surface area contributed by atoms with Crippen molar-refractivity contribution in [2.24, 2.45) is 0 Å². The Kier molecular flexibility index (Phi) is 2.43. The second kappa shape index (κ2) is 4.09. The SMILES string of the molecule is Nc1c(C(=O)NCc2nn[nH]n2)n[nH]c1C1CC1. The van der Waals surface area contributed by atoms with Crippen LogP contribution in [0.4, 0.5) is 5.69 Å². The fourth-order valence-corrected chi connectivity index (χ4v) is 1.72. The van der Waals surface area contributed by atoms with Gasteiger partial charge in [-0.05, 0) is 12.8 Å². The van der Waals surface area contributed by atoms with Crippen LogP contribution >= 0.6 is 0 Å². The number of carbonyl (C=O) groups is 1. The van der Waals surface area contributed by atoms with Crippen molar-refractivity contribution in [1.29, 1.82) is 0 Å². The Balaban J connectivity index is 1.68. The van der Waals surface area contributed by atoms with Gasteiger partial charge in [-0.1, -0.05) is 5.21 Å². The monoisotopic (exact) mass is 248 g/mol. The second-order valence-electron chi connectivity index (χ2n) is 4.18. The van der Waals surface area contributed by atoms with Gasteiger partial charge in [0.1, 0.15) is 0 Å². The van der Waals surface area contributed by atoms with E-state index < -0.39 is 0 Å². The molecule has 0 spiro atoms. The third kappa shape index (κ3) is 1.90. The third-order valence-corrected chi connectivity index (χ3v) is 2.83. The van der Waals surface area contributed by atoms with E-state index in [1.807, 2.05) is 0 Å². The highest BCUT2D eigenvalue weighted by Crippen LogP contribution is 2.42. The van der Waals surface area contributed by atoms with Crippen LogP contribution in [0.15, 0.2) is 0 Å². The van der Waals surface area contributed by atoms with Gasteiger partial charge in [0, 0.05) is 5.92 Å². The minimum atomic E-state index is -0.347. The maximum Gasteiger partial charge on any atom is 0.274 e. The molecule has 2 aromatic rings. The zero-order valence-corrected chi connectivity index (χ0v) is 9.47. The van der Waals surface area contributed by atoms with Crippen molar-refractivity contribution in [3.05, 3.63) is 17.2 Å². The summed E-state index contributed by atoms with van der Waals surface area (Å²) < 4.78 is 0. The fourth-order valence-electron chi connectivity index (χ4n) is 1.72. The lowest BCUT2D eigenvalue weighted by Gasteiger charge is -2.00. The van der Waals surface area contributed by atoms with E-state index in [-0.39, 0.29) is 18.1 Å². The molecule has 1 amide bonds. The van der Waals surface area contributed by atoms with E-state index in [0.29, 0.717) is 17.4 Å². The van der Waals surface area contributed by atoms with Crippen molar-refractivity contribution in [3.63, 3.8) is 0 Å². The summed E-state index contributed by atoms with van der Waals surface area (Å²) in [6.07, 6.45) is 2.19. The number of rotatable bonds is 4. The van der Waals surface area contributed by atoms with Crippen molar-refractivity contribution in [2.45, 2.75) is 25.3 Å². The highest BCUT2D eigenvalue weighted by atomic mass is 16.2. The van der Waals surface area contributed by atoms with Crippen molar-refractivity contribution < 1.29 is 4.79 Å². The Morgan fingerprint density at radius 1 is 1.44 bits per heavy atom. The van der Waals surface area contributed by atoms with Crippen LogP contribution in [0.3, 0.4) is 0 Å². The Morgan fingerprint density at radius 3 is 2.94 bits per heavy atom. The first-order valence-corrected chi connectivity index (χ1v) is 5.60. The largest absolute Gasteiger partial charge is 0.395 e. The summed E-state index contributed by atoms with van der Waals surface area (Å²) in [6.45, 7) is 0.181. The summed E-state index contributed by atoms with van der Waals surface area (Å²) in [5.74, 6) is 0.483. The summed E-state index contributed by atoms with van der Waals surface area (Å²) in [4.78, 5) is 11.9. The molecule has 0 atom stereocenters. The number of carbonyl (C=O) groups excluding carboxylic acids is 1. The van der Waals surface area contributed by atoms with Gasteiger partial charge < -0.3 is 11.1 Å². The van der Waals surface area contributed by atoms with E-state index in [1.165, 1.54) is 0 Å². The minimum absolute atomic E-state index is 0.181. The molecule has 0 aliphatic heterocycles. The van der Waals surface area contributed by atoms with E-state index in [2.05, 4.69) is 36.1 Å². The number of nitrogen functional groups attached to an aromatic ring is 1. The van der Waals surface area contributed by atoms with Crippen molar-refractivity contribution in [3.8, 4) is 0 Å². The molecule has 3 rings (SSSR count). The van der Waals surface area contributed by atoms with Crippen LogP contribution in [0.5, 0.6) is 0 Å². The molecule has 9 nitrogen and oxygen atoms in total. The number of nitrogens with two attached hydrogens (primary N) is 1. The fraction of sp³-hybridized carbons (Fsp3) is 0.444. The maximum absolute atomic E-state index is 11.9. The number of nitrogens with one attached hydrogen (secondary N) is 3. The molecule has 0 radical (unpaired) electrons. The first kappa shape index (κ1) is 10.7. The molecule has 1 saturated carbocycles. The molecular formula is C9H12N8O. The predicted octanol–water partition coefficient (Wildman–Crippen LogP) is -0.688. The molecule has 0 aromatic carbocycles. The Labute approximate surface area is 102 Å². The van der Waals surface area contributed by atoms with E-state index in [0.717, 1.165) is 18.5 Å². The van der Waals surface area contributed by atoms with E-state index >= 15 is 0 Å². The minimum Gasteiger partial charge on any atom is -0.395 e. The molecular weight excluding hydrogens is 236 g/mol. The topological polar surface area (TPSA) is 138 Å². The van der Waals surface area contributed by atoms with Crippen LogP contribution < -0.4 is 11.1 Å². The molecule has 0 saturated heterocycles. The lowest BCUT2D eigenvalue weighted by atomic mass is 10.2. The number of nitrogens with zero attached hydrogens (tertiary/aromatic N) is 4. The number of tetrazole rings is 1. The average Bonchev–Trinajstić information content (AvgIpc) is 2.93. The average molecular weight is 248 g/mol. The summed E-state index contributed by atoms with van der Waals surface area (Å²) >= 11 is 0. The van der Waals surface area contributed by atoms with Crippen LogP contribution in [0.25, 0.3) is 0 Å². The van der Waals surface area contributed by atoms with E-state index in [4.69, 9.17) is 5.73 Å². The molecule has 0 unspecified atom stereocenters. The molecule has 1 fully saturated rings. The number of hydrogen-bond donors (Lipinski definition) is 4. The summed E-state index contributed by atoms with van der Waals surface area (Å²) in [5, 5.41) is 22.6. The molecule has 1 aliphatic rings. The van der Waals surface area contributed by atoms with Gasteiger partial charge in [0.25, 0.3) is 5.91 Å². The van der Waals surface area contributed by atoms with Gasteiger partial charge in [-0.3, -0.25) is 9.89 Å². The number of H-pyrrole nitrogens is 2. The summed E-state index contributed by atoms with van der Waals surface area (Å²) in [6, 6.07) is 0. The molecule has 18 heavy (non-hydrogen) atoms. The Morgan fingerprint density at radius 2 is 2.28 bits per heavy atom. The van der Waals surface area contributed by atoms with Crippen molar-refractivity contribution in [1.82, 2.24) is 36.1 Å². The molecule has 0 bridgehead atoms. The number of anilines is 1. The molecule has 9 heteroatoms. The van der Waals surface area contributed by atoms with E-state index in [1.54, 1.807) is 0 Å². The van der Waals surface area contributed by atoms with Crippen molar-refractivity contribution >= 4 is 11.6 Å². The summed E-state index contributed by atoms with van der Waals surface area (Å²) in [7, 11) is 0. The Hall–Kier alpha value is -2.45. The zero-order chi connectivity index (χ0) is 12.5. The van der Waals surface area contributed by atoms with E-state index in [9.17, 15) is 4.79 Å². The number of hydrogen-bond acceptors (Lipinski definition) is 6. The third-order valence-electron chi connectivity index (χ3n) is 2.83. The quantitative estimate of drug-likeness (QED) is 0.565. The zero-order valence-electron chi connectivity index (χ0n) is 9.47. The van der Waals surface area contributed by atoms with Gasteiger partial charge in [-0.25, -0.2) is 0 Å². The van der Waals surface area contributed by atoms with Gasteiger partial charge in [0.05, 0.1) is 17.9 Å². The van der Waals surface area contributed by atoms with Crippen LogP contribution in [-0.4, -0.2) is 36.7 Å². The number of amides is 1. The molecule has 2 heterocycles. The van der Waals surface area contributed by atoms with Gasteiger partial charge in [0.2, 0.25) is 0 Å². The normalized spacial score (nSPS) is 14.7. The second-order valence-corrected chi connectivity index (χ2v) is 4.18.